The maximum Gasteiger partial charge on any atom is 0.260 e. The van der Waals surface area contributed by atoms with Crippen molar-refractivity contribution in [3.05, 3.63) is 78.0 Å². The SMILES string of the molecule is O=Cc1ccc(OCC(=O)N2CCN(c3c(F)cccc3-c3cc(CNc4ccon4)on3)CC2)cc1. The van der Waals surface area contributed by atoms with Gasteiger partial charge in [-0.1, -0.05) is 22.4 Å². The van der Waals surface area contributed by atoms with E-state index in [-0.39, 0.29) is 18.3 Å². The van der Waals surface area contributed by atoms with Crippen molar-refractivity contribution in [1.29, 1.82) is 0 Å². The number of hydrogen-bond donors (Lipinski definition) is 1. The first-order valence-corrected chi connectivity index (χ1v) is 11.7. The van der Waals surface area contributed by atoms with Gasteiger partial charge in [0.2, 0.25) is 0 Å². The second kappa shape index (κ2) is 10.9. The molecule has 0 bridgehead atoms. The van der Waals surface area contributed by atoms with Gasteiger partial charge < -0.3 is 28.9 Å². The zero-order chi connectivity index (χ0) is 25.6. The van der Waals surface area contributed by atoms with Gasteiger partial charge in [0.1, 0.15) is 29.8 Å². The zero-order valence-corrected chi connectivity index (χ0v) is 19.8. The molecule has 4 aromatic rings. The third-order valence-electron chi connectivity index (χ3n) is 6.03. The van der Waals surface area contributed by atoms with Gasteiger partial charge in [0.05, 0.1) is 12.2 Å². The number of para-hydroxylation sites is 1. The first kappa shape index (κ1) is 24.0. The molecular weight excluding hydrogens is 481 g/mol. The summed E-state index contributed by atoms with van der Waals surface area (Å²) in [6, 6.07) is 14.8. The summed E-state index contributed by atoms with van der Waals surface area (Å²) in [6.45, 7) is 1.97. The van der Waals surface area contributed by atoms with Crippen LogP contribution < -0.4 is 15.0 Å². The van der Waals surface area contributed by atoms with Crippen LogP contribution in [0.3, 0.4) is 0 Å². The van der Waals surface area contributed by atoms with Gasteiger partial charge in [-0.25, -0.2) is 4.39 Å². The van der Waals surface area contributed by atoms with Gasteiger partial charge in [0.25, 0.3) is 5.91 Å². The monoisotopic (exact) mass is 505 g/mol. The highest BCUT2D eigenvalue weighted by atomic mass is 19.1. The van der Waals surface area contributed by atoms with Gasteiger partial charge in [0, 0.05) is 49.4 Å². The van der Waals surface area contributed by atoms with Crippen molar-refractivity contribution in [3.8, 4) is 17.0 Å². The van der Waals surface area contributed by atoms with Gasteiger partial charge in [-0.05, 0) is 30.3 Å². The molecule has 10 nitrogen and oxygen atoms in total. The predicted molar refractivity (Wildman–Crippen MR) is 132 cm³/mol. The molecule has 0 radical (unpaired) electrons. The Kier molecular flexibility index (Phi) is 7.11. The molecule has 11 heteroatoms. The smallest absolute Gasteiger partial charge is 0.260 e. The second-order valence-electron chi connectivity index (χ2n) is 8.40. The van der Waals surface area contributed by atoms with E-state index in [2.05, 4.69) is 15.6 Å². The van der Waals surface area contributed by atoms with Gasteiger partial charge in [-0.15, -0.1) is 0 Å². The van der Waals surface area contributed by atoms with Crippen molar-refractivity contribution in [2.45, 2.75) is 6.54 Å². The first-order valence-electron chi connectivity index (χ1n) is 11.7. The van der Waals surface area contributed by atoms with E-state index in [1.54, 1.807) is 53.4 Å². The van der Waals surface area contributed by atoms with Crippen molar-refractivity contribution in [3.63, 3.8) is 0 Å². The van der Waals surface area contributed by atoms with Crippen molar-refractivity contribution in [1.82, 2.24) is 15.2 Å². The van der Waals surface area contributed by atoms with E-state index in [4.69, 9.17) is 13.8 Å². The highest BCUT2D eigenvalue weighted by Gasteiger charge is 2.26. The Morgan fingerprint density at radius 1 is 1.08 bits per heavy atom. The number of piperazine rings is 1. The van der Waals surface area contributed by atoms with Crippen molar-refractivity contribution in [2.75, 3.05) is 43.0 Å². The minimum atomic E-state index is -0.371. The Bertz CT molecular complexity index is 1350. The summed E-state index contributed by atoms with van der Waals surface area (Å²) in [6.07, 6.45) is 2.21. The van der Waals surface area contributed by atoms with E-state index in [1.165, 1.54) is 12.3 Å². The van der Waals surface area contributed by atoms with Crippen LogP contribution in [0.15, 0.2) is 69.9 Å². The molecule has 1 aliphatic heterocycles. The Balaban J connectivity index is 1.20. The van der Waals surface area contributed by atoms with Gasteiger partial charge in [-0.2, -0.15) is 0 Å². The molecule has 190 valence electrons. The Labute approximate surface area is 211 Å². The Morgan fingerprint density at radius 2 is 1.89 bits per heavy atom. The van der Waals surface area contributed by atoms with E-state index in [1.807, 2.05) is 4.90 Å². The number of carbonyl (C=O) groups is 2. The van der Waals surface area contributed by atoms with Crippen LogP contribution in [-0.2, 0) is 11.3 Å². The number of amides is 1. The van der Waals surface area contributed by atoms with Crippen LogP contribution in [0.1, 0.15) is 16.1 Å². The second-order valence-corrected chi connectivity index (χ2v) is 8.40. The minimum Gasteiger partial charge on any atom is -0.484 e. The maximum absolute atomic E-state index is 15.0. The van der Waals surface area contributed by atoms with E-state index in [9.17, 15) is 9.59 Å². The van der Waals surface area contributed by atoms with E-state index >= 15 is 4.39 Å². The molecule has 0 saturated carbocycles. The van der Waals surface area contributed by atoms with Crippen LogP contribution in [-0.4, -0.2) is 60.2 Å². The number of hydrogen-bond acceptors (Lipinski definition) is 9. The van der Waals surface area contributed by atoms with Crippen LogP contribution in [0.5, 0.6) is 5.75 Å². The van der Waals surface area contributed by atoms with Crippen molar-refractivity contribution in [2.24, 2.45) is 0 Å². The number of ether oxygens (including phenoxy) is 1. The Hall–Kier alpha value is -4.67. The fraction of sp³-hybridized carbons (Fsp3) is 0.231. The molecule has 2 aromatic carbocycles. The van der Waals surface area contributed by atoms with Crippen LogP contribution in [0, 0.1) is 5.82 Å². The van der Waals surface area contributed by atoms with Crippen LogP contribution in [0.25, 0.3) is 11.3 Å². The molecule has 1 fully saturated rings. The molecule has 1 N–H and O–H groups in total. The molecule has 1 amide bonds. The highest BCUT2D eigenvalue weighted by Crippen LogP contribution is 2.34. The van der Waals surface area contributed by atoms with Crippen molar-refractivity contribution < 1.29 is 27.8 Å². The van der Waals surface area contributed by atoms with Crippen molar-refractivity contribution >= 4 is 23.7 Å². The summed E-state index contributed by atoms with van der Waals surface area (Å²) < 4.78 is 30.8. The van der Waals surface area contributed by atoms with Gasteiger partial charge in [0.15, 0.2) is 18.2 Å². The van der Waals surface area contributed by atoms with Crippen LogP contribution >= 0.6 is 0 Å². The lowest BCUT2D eigenvalue weighted by atomic mass is 10.1. The fourth-order valence-electron chi connectivity index (χ4n) is 4.11. The Morgan fingerprint density at radius 3 is 2.62 bits per heavy atom. The van der Waals surface area contributed by atoms with Crippen LogP contribution in [0.2, 0.25) is 0 Å². The number of nitrogens with zero attached hydrogens (tertiary/aromatic N) is 4. The maximum atomic E-state index is 15.0. The summed E-state index contributed by atoms with van der Waals surface area (Å²) in [7, 11) is 0. The number of halogens is 1. The summed E-state index contributed by atoms with van der Waals surface area (Å²) in [5, 5.41) is 11.0. The number of aromatic nitrogens is 2. The van der Waals surface area contributed by atoms with E-state index < -0.39 is 0 Å². The third kappa shape index (κ3) is 5.61. The fourth-order valence-corrected chi connectivity index (χ4v) is 4.11. The molecule has 3 heterocycles. The lowest BCUT2D eigenvalue weighted by Gasteiger charge is -2.36. The summed E-state index contributed by atoms with van der Waals surface area (Å²) in [5.74, 6) is 1.11. The molecule has 0 spiro atoms. The molecule has 1 aliphatic rings. The third-order valence-corrected chi connectivity index (χ3v) is 6.03. The lowest BCUT2D eigenvalue weighted by molar-refractivity contribution is -0.133. The molecular formula is C26H24FN5O5. The molecule has 5 rings (SSSR count). The average Bonchev–Trinajstić information content (AvgIpc) is 3.63. The normalized spacial score (nSPS) is 13.4. The van der Waals surface area contributed by atoms with E-state index in [0.717, 1.165) is 6.29 Å². The minimum absolute atomic E-state index is 0.116. The largest absolute Gasteiger partial charge is 0.484 e. The number of nitrogens with one attached hydrogen (secondary N) is 1. The molecule has 1 saturated heterocycles. The standard InChI is InChI=1S/C26H24FN5O5/c27-22-3-1-2-21(23-14-20(37-29-23)15-28-24-8-13-36-30-24)26(22)32-11-9-31(10-12-32)25(34)17-35-19-6-4-18(16-33)5-7-19/h1-8,13-14,16H,9-12,15,17H2,(H,28,30). The number of benzene rings is 2. The topological polar surface area (TPSA) is 114 Å². The molecule has 0 atom stereocenters. The number of rotatable bonds is 9. The number of carbonyl (C=O) groups excluding carboxylic acids is 2. The highest BCUT2D eigenvalue weighted by molar-refractivity contribution is 5.80. The average molecular weight is 506 g/mol. The molecule has 0 aliphatic carbocycles. The zero-order valence-electron chi connectivity index (χ0n) is 19.8. The predicted octanol–water partition coefficient (Wildman–Crippen LogP) is 3.62. The summed E-state index contributed by atoms with van der Waals surface area (Å²) >= 11 is 0. The first-order chi connectivity index (χ1) is 18.1. The molecule has 0 unspecified atom stereocenters. The number of anilines is 2. The molecule has 37 heavy (non-hydrogen) atoms. The lowest BCUT2D eigenvalue weighted by Crippen LogP contribution is -2.50. The summed E-state index contributed by atoms with van der Waals surface area (Å²) in [5.41, 5.74) is 2.08. The number of aldehydes is 1. The van der Waals surface area contributed by atoms with Gasteiger partial charge >= 0.3 is 0 Å². The van der Waals surface area contributed by atoms with E-state index in [0.29, 0.717) is 72.6 Å². The summed E-state index contributed by atoms with van der Waals surface area (Å²) in [4.78, 5) is 27.0. The molecule has 2 aromatic heterocycles. The quantitative estimate of drug-likeness (QED) is 0.341. The van der Waals surface area contributed by atoms with Crippen LogP contribution in [0.4, 0.5) is 15.9 Å². The van der Waals surface area contributed by atoms with Gasteiger partial charge in [-0.3, -0.25) is 9.59 Å².